The van der Waals surface area contributed by atoms with Crippen molar-refractivity contribution in [3.63, 3.8) is 0 Å². The molecular formula is C5H8BrNO3. The van der Waals surface area contributed by atoms with Gasteiger partial charge in [0.05, 0.1) is 5.33 Å². The summed E-state index contributed by atoms with van der Waals surface area (Å²) in [5, 5.41) is 10.7. The average molecular weight is 210 g/mol. The molecule has 0 aliphatic heterocycles. The second-order valence-corrected chi connectivity index (χ2v) is 2.32. The van der Waals surface area contributed by atoms with Crippen molar-refractivity contribution in [1.82, 2.24) is 5.32 Å². The highest BCUT2D eigenvalue weighted by Crippen LogP contribution is 1.84. The molecule has 1 amide bonds. The van der Waals surface area contributed by atoms with Gasteiger partial charge in [-0.3, -0.25) is 9.59 Å². The van der Waals surface area contributed by atoms with E-state index in [1.807, 2.05) is 0 Å². The van der Waals surface area contributed by atoms with Crippen LogP contribution < -0.4 is 5.32 Å². The number of carbonyl (C=O) groups is 2. The molecule has 0 spiro atoms. The average Bonchev–Trinajstić information content (AvgIpc) is 1.87. The fraction of sp³-hybridized carbons (Fsp3) is 0.600. The summed E-state index contributed by atoms with van der Waals surface area (Å²) in [4.78, 5) is 20.6. The van der Waals surface area contributed by atoms with Crippen LogP contribution in [0.3, 0.4) is 0 Å². The third-order valence-electron chi connectivity index (χ3n) is 0.869. The minimum absolute atomic E-state index is 0.130. The largest absolute Gasteiger partial charge is 0.480 e. The summed E-state index contributed by atoms with van der Waals surface area (Å²) in [6, 6.07) is -0.815. The molecule has 0 fully saturated rings. The zero-order valence-electron chi connectivity index (χ0n) is 5.43. The van der Waals surface area contributed by atoms with Crippen molar-refractivity contribution in [3.05, 3.63) is 0 Å². The molecule has 0 bridgehead atoms. The van der Waals surface area contributed by atoms with Crippen molar-refractivity contribution in [2.75, 3.05) is 5.33 Å². The Morgan fingerprint density at radius 3 is 2.50 bits per heavy atom. The van der Waals surface area contributed by atoms with Gasteiger partial charge in [-0.05, 0) is 6.92 Å². The third-order valence-corrected chi connectivity index (χ3v) is 1.38. The van der Waals surface area contributed by atoms with Crippen molar-refractivity contribution < 1.29 is 14.7 Å². The molecule has 4 nitrogen and oxygen atoms in total. The van der Waals surface area contributed by atoms with Crippen LogP contribution in [0.4, 0.5) is 0 Å². The van der Waals surface area contributed by atoms with Gasteiger partial charge in [0.2, 0.25) is 5.91 Å². The first-order valence-electron chi connectivity index (χ1n) is 2.66. The van der Waals surface area contributed by atoms with Crippen LogP contribution in [0.25, 0.3) is 0 Å². The Morgan fingerprint density at radius 1 is 1.70 bits per heavy atom. The fourth-order valence-corrected chi connectivity index (χ4v) is 0.504. The molecule has 0 aromatic rings. The van der Waals surface area contributed by atoms with Gasteiger partial charge in [0.1, 0.15) is 6.04 Å². The molecule has 0 aliphatic rings. The highest BCUT2D eigenvalue weighted by Gasteiger charge is 2.11. The van der Waals surface area contributed by atoms with E-state index < -0.39 is 12.0 Å². The maximum absolute atomic E-state index is 10.5. The highest BCUT2D eigenvalue weighted by atomic mass is 79.9. The quantitative estimate of drug-likeness (QED) is 0.642. The molecular weight excluding hydrogens is 202 g/mol. The van der Waals surface area contributed by atoms with Crippen LogP contribution in [-0.4, -0.2) is 28.4 Å². The molecule has 0 radical (unpaired) electrons. The molecule has 0 aromatic carbocycles. The van der Waals surface area contributed by atoms with Gasteiger partial charge in [0, 0.05) is 0 Å². The normalized spacial score (nSPS) is 12.2. The first kappa shape index (κ1) is 9.42. The molecule has 2 N–H and O–H groups in total. The van der Waals surface area contributed by atoms with Crippen LogP contribution in [-0.2, 0) is 9.59 Å². The van der Waals surface area contributed by atoms with E-state index in [9.17, 15) is 9.59 Å². The smallest absolute Gasteiger partial charge is 0.325 e. The fourth-order valence-electron chi connectivity index (χ4n) is 0.342. The topological polar surface area (TPSA) is 66.4 Å². The summed E-state index contributed by atoms with van der Waals surface area (Å²) in [5.74, 6) is -1.36. The summed E-state index contributed by atoms with van der Waals surface area (Å²) in [5.41, 5.74) is 0. The van der Waals surface area contributed by atoms with E-state index in [1.165, 1.54) is 6.92 Å². The summed E-state index contributed by atoms with van der Waals surface area (Å²) < 4.78 is 0. The minimum atomic E-state index is -1.03. The molecule has 0 heterocycles. The maximum atomic E-state index is 10.5. The third kappa shape index (κ3) is 3.45. The van der Waals surface area contributed by atoms with Crippen LogP contribution in [0.15, 0.2) is 0 Å². The molecule has 0 unspecified atom stereocenters. The number of rotatable bonds is 3. The number of hydrogen-bond donors (Lipinski definition) is 2. The predicted molar refractivity (Wildman–Crippen MR) is 39.0 cm³/mol. The molecule has 0 aliphatic carbocycles. The summed E-state index contributed by atoms with van der Waals surface area (Å²) in [6.45, 7) is 1.41. The van der Waals surface area contributed by atoms with Crippen LogP contribution in [0.2, 0.25) is 0 Å². The zero-order chi connectivity index (χ0) is 8.15. The number of carboxylic acid groups (broad SMARTS) is 1. The lowest BCUT2D eigenvalue weighted by Gasteiger charge is -2.05. The standard InChI is InChI=1S/C5H8BrNO3/c1-3(5(9)10)7-4(8)2-6/h3H,2H2,1H3,(H,7,8)(H,9,10)/t3-/m1/s1. The van der Waals surface area contributed by atoms with Crippen molar-refractivity contribution in [3.8, 4) is 0 Å². The molecule has 1 atom stereocenters. The number of nitrogens with one attached hydrogen (secondary N) is 1. The van der Waals surface area contributed by atoms with Crippen molar-refractivity contribution in [2.45, 2.75) is 13.0 Å². The second-order valence-electron chi connectivity index (χ2n) is 1.76. The Balaban J connectivity index is 3.68. The van der Waals surface area contributed by atoms with Crippen molar-refractivity contribution >= 4 is 27.8 Å². The van der Waals surface area contributed by atoms with Gasteiger partial charge in [-0.25, -0.2) is 0 Å². The number of alkyl halides is 1. The Hall–Kier alpha value is -0.580. The molecule has 0 rings (SSSR count). The Morgan fingerprint density at radius 2 is 2.20 bits per heavy atom. The van der Waals surface area contributed by atoms with Crippen LogP contribution in [0.1, 0.15) is 6.92 Å². The lowest BCUT2D eigenvalue weighted by atomic mass is 10.3. The highest BCUT2D eigenvalue weighted by molar-refractivity contribution is 9.09. The van der Waals surface area contributed by atoms with E-state index in [4.69, 9.17) is 5.11 Å². The molecule has 0 aromatic heterocycles. The second kappa shape index (κ2) is 4.27. The Bertz CT molecular complexity index is 148. The van der Waals surface area contributed by atoms with E-state index >= 15 is 0 Å². The number of hydrogen-bond acceptors (Lipinski definition) is 2. The lowest BCUT2D eigenvalue weighted by molar-refractivity contribution is -0.140. The van der Waals surface area contributed by atoms with Crippen molar-refractivity contribution in [2.24, 2.45) is 0 Å². The van der Waals surface area contributed by atoms with Crippen molar-refractivity contribution in [1.29, 1.82) is 0 Å². The van der Waals surface area contributed by atoms with Crippen LogP contribution >= 0.6 is 15.9 Å². The van der Waals surface area contributed by atoms with Gasteiger partial charge >= 0.3 is 5.97 Å². The van der Waals surface area contributed by atoms with Gasteiger partial charge in [-0.2, -0.15) is 0 Å². The minimum Gasteiger partial charge on any atom is -0.480 e. The van der Waals surface area contributed by atoms with Gasteiger partial charge < -0.3 is 10.4 Å². The number of aliphatic carboxylic acids is 1. The predicted octanol–water partition coefficient (Wildman–Crippen LogP) is -0.0294. The number of carboxylic acids is 1. The summed E-state index contributed by atoms with van der Waals surface area (Å²) in [6.07, 6.45) is 0. The SMILES string of the molecule is C[C@@H](NC(=O)CBr)C(=O)O. The van der Waals surface area contributed by atoms with Crippen LogP contribution in [0, 0.1) is 0 Å². The summed E-state index contributed by atoms with van der Waals surface area (Å²) in [7, 11) is 0. The van der Waals surface area contributed by atoms with E-state index in [0.717, 1.165) is 0 Å². The summed E-state index contributed by atoms with van der Waals surface area (Å²) >= 11 is 2.89. The molecule has 0 saturated carbocycles. The molecule has 0 saturated heterocycles. The first-order valence-corrected chi connectivity index (χ1v) is 3.78. The van der Waals surface area contributed by atoms with Gasteiger partial charge in [0.15, 0.2) is 0 Å². The Labute approximate surface area is 66.7 Å². The van der Waals surface area contributed by atoms with Crippen LogP contribution in [0.5, 0.6) is 0 Å². The van der Waals surface area contributed by atoms with E-state index in [-0.39, 0.29) is 11.2 Å². The monoisotopic (exact) mass is 209 g/mol. The molecule has 5 heteroatoms. The van der Waals surface area contributed by atoms with Gasteiger partial charge in [-0.1, -0.05) is 15.9 Å². The molecule has 58 valence electrons. The first-order chi connectivity index (χ1) is 4.57. The zero-order valence-corrected chi connectivity index (χ0v) is 7.01. The maximum Gasteiger partial charge on any atom is 0.325 e. The number of amides is 1. The van der Waals surface area contributed by atoms with E-state index in [2.05, 4.69) is 21.2 Å². The van der Waals surface area contributed by atoms with E-state index in [0.29, 0.717) is 0 Å². The molecule has 10 heavy (non-hydrogen) atoms. The Kier molecular flexibility index (Phi) is 4.02. The number of halogens is 1. The van der Waals surface area contributed by atoms with Gasteiger partial charge in [-0.15, -0.1) is 0 Å². The van der Waals surface area contributed by atoms with Gasteiger partial charge in [0.25, 0.3) is 0 Å². The lowest BCUT2D eigenvalue weighted by Crippen LogP contribution is -2.38. The number of carbonyl (C=O) groups excluding carboxylic acids is 1. The van der Waals surface area contributed by atoms with E-state index in [1.54, 1.807) is 0 Å².